The number of aliphatic hydroxyl groups is 2. The lowest BCUT2D eigenvalue weighted by molar-refractivity contribution is 0.112. The molecule has 0 saturated carbocycles. The van der Waals surface area contributed by atoms with E-state index >= 15 is 0 Å². The minimum atomic E-state index is -0.861. The molecule has 3 nitrogen and oxygen atoms in total. The second-order valence-corrected chi connectivity index (χ2v) is 4.02. The third-order valence-electron chi connectivity index (χ3n) is 1.73. The van der Waals surface area contributed by atoms with Crippen molar-refractivity contribution in [3.05, 3.63) is 29.6 Å². The predicted molar refractivity (Wildman–Crippen MR) is 55.6 cm³/mol. The van der Waals surface area contributed by atoms with Crippen LogP contribution in [-0.2, 0) is 0 Å². The van der Waals surface area contributed by atoms with E-state index in [0.717, 1.165) is 17.8 Å². The highest BCUT2D eigenvalue weighted by atomic mass is 32.2. The van der Waals surface area contributed by atoms with Gasteiger partial charge in [0.05, 0.1) is 12.7 Å². The lowest BCUT2D eigenvalue weighted by atomic mass is 10.2. The first kappa shape index (κ1) is 12.2. The molecule has 1 aromatic rings. The predicted octanol–water partition coefficient (Wildman–Crippen LogP) is 1.08. The van der Waals surface area contributed by atoms with Gasteiger partial charge in [-0.05, 0) is 12.1 Å². The van der Waals surface area contributed by atoms with Gasteiger partial charge in [0, 0.05) is 16.2 Å². The molecule has 0 aromatic heterocycles. The zero-order valence-electron chi connectivity index (χ0n) is 7.89. The molecule has 0 radical (unpaired) electrons. The largest absolute Gasteiger partial charge is 0.394 e. The van der Waals surface area contributed by atoms with Crippen LogP contribution in [-0.4, -0.2) is 35.0 Å². The average Bonchev–Trinajstić information content (AvgIpc) is 2.26. The Hall–Kier alpha value is -0.910. The smallest absolute Gasteiger partial charge is 0.150 e. The standard InChI is InChI=1S/C10H11FO3S/c11-9-3-7(4-12)1-2-10(9)15-6-8(14)5-13/h1-4,8,13-14H,5-6H2. The number of benzene rings is 1. The van der Waals surface area contributed by atoms with Crippen LogP contribution in [0.1, 0.15) is 10.4 Å². The Morgan fingerprint density at radius 1 is 1.53 bits per heavy atom. The third-order valence-corrected chi connectivity index (χ3v) is 2.93. The molecule has 82 valence electrons. The van der Waals surface area contributed by atoms with Crippen LogP contribution in [0.5, 0.6) is 0 Å². The first-order chi connectivity index (χ1) is 7.17. The molecule has 0 fully saturated rings. The molecule has 0 aliphatic heterocycles. The van der Waals surface area contributed by atoms with E-state index in [1.807, 2.05) is 0 Å². The van der Waals surface area contributed by atoms with Crippen molar-refractivity contribution in [1.82, 2.24) is 0 Å². The summed E-state index contributed by atoms with van der Waals surface area (Å²) in [5, 5.41) is 17.6. The van der Waals surface area contributed by atoms with Crippen molar-refractivity contribution in [2.45, 2.75) is 11.0 Å². The van der Waals surface area contributed by atoms with Crippen molar-refractivity contribution >= 4 is 18.0 Å². The minimum absolute atomic E-state index is 0.216. The van der Waals surface area contributed by atoms with Crippen molar-refractivity contribution in [2.24, 2.45) is 0 Å². The van der Waals surface area contributed by atoms with Gasteiger partial charge in [0.2, 0.25) is 0 Å². The van der Waals surface area contributed by atoms with Crippen LogP contribution in [0.4, 0.5) is 4.39 Å². The molecule has 0 spiro atoms. The quantitative estimate of drug-likeness (QED) is 0.587. The van der Waals surface area contributed by atoms with E-state index in [1.54, 1.807) is 0 Å². The van der Waals surface area contributed by atoms with E-state index in [-0.39, 0.29) is 17.9 Å². The Balaban J connectivity index is 2.65. The normalized spacial score (nSPS) is 12.5. The second-order valence-electron chi connectivity index (χ2n) is 2.96. The van der Waals surface area contributed by atoms with Gasteiger partial charge in [-0.2, -0.15) is 0 Å². The number of aliphatic hydroxyl groups excluding tert-OH is 2. The Kier molecular flexibility index (Phi) is 4.74. The summed E-state index contributed by atoms with van der Waals surface area (Å²) < 4.78 is 13.3. The minimum Gasteiger partial charge on any atom is -0.394 e. The highest BCUT2D eigenvalue weighted by molar-refractivity contribution is 7.99. The van der Waals surface area contributed by atoms with Gasteiger partial charge in [0.25, 0.3) is 0 Å². The fraction of sp³-hybridized carbons (Fsp3) is 0.300. The number of hydrogen-bond donors (Lipinski definition) is 2. The van der Waals surface area contributed by atoms with Crippen LogP contribution < -0.4 is 0 Å². The molecule has 1 atom stereocenters. The van der Waals surface area contributed by atoms with Crippen LogP contribution in [0.15, 0.2) is 23.1 Å². The molecule has 0 heterocycles. The first-order valence-electron chi connectivity index (χ1n) is 4.34. The lowest BCUT2D eigenvalue weighted by Crippen LogP contribution is -2.14. The Morgan fingerprint density at radius 2 is 2.27 bits per heavy atom. The number of rotatable bonds is 5. The van der Waals surface area contributed by atoms with E-state index in [9.17, 15) is 9.18 Å². The molecule has 0 aliphatic carbocycles. The summed E-state index contributed by atoms with van der Waals surface area (Å²) >= 11 is 1.10. The Morgan fingerprint density at radius 3 is 2.80 bits per heavy atom. The Labute approximate surface area is 90.9 Å². The summed E-state index contributed by atoms with van der Waals surface area (Å²) in [5.41, 5.74) is 0.277. The first-order valence-corrected chi connectivity index (χ1v) is 5.32. The van der Waals surface area contributed by atoms with Gasteiger partial charge in [0.15, 0.2) is 0 Å². The molecule has 15 heavy (non-hydrogen) atoms. The Bertz CT molecular complexity index is 343. The molecule has 1 rings (SSSR count). The SMILES string of the molecule is O=Cc1ccc(SCC(O)CO)c(F)c1. The van der Waals surface area contributed by atoms with E-state index in [4.69, 9.17) is 10.2 Å². The highest BCUT2D eigenvalue weighted by Crippen LogP contribution is 2.22. The van der Waals surface area contributed by atoms with Crippen molar-refractivity contribution in [1.29, 1.82) is 0 Å². The number of halogens is 1. The van der Waals surface area contributed by atoms with Gasteiger partial charge >= 0.3 is 0 Å². The summed E-state index contributed by atoms with van der Waals surface area (Å²) in [7, 11) is 0. The zero-order chi connectivity index (χ0) is 11.3. The zero-order valence-corrected chi connectivity index (χ0v) is 8.71. The molecule has 0 bridgehead atoms. The fourth-order valence-electron chi connectivity index (χ4n) is 0.946. The van der Waals surface area contributed by atoms with E-state index in [1.165, 1.54) is 12.1 Å². The van der Waals surface area contributed by atoms with Gasteiger partial charge in [-0.3, -0.25) is 4.79 Å². The number of carbonyl (C=O) groups excluding carboxylic acids is 1. The van der Waals surface area contributed by atoms with Gasteiger partial charge in [-0.1, -0.05) is 6.07 Å². The van der Waals surface area contributed by atoms with Crippen molar-refractivity contribution < 1.29 is 19.4 Å². The van der Waals surface area contributed by atoms with Crippen molar-refractivity contribution in [3.63, 3.8) is 0 Å². The molecule has 1 unspecified atom stereocenters. The van der Waals surface area contributed by atoms with Gasteiger partial charge in [-0.25, -0.2) is 4.39 Å². The average molecular weight is 230 g/mol. The molecule has 0 saturated heterocycles. The molecule has 0 amide bonds. The summed E-state index contributed by atoms with van der Waals surface area (Å²) in [6.07, 6.45) is -0.291. The van der Waals surface area contributed by atoms with Crippen LogP contribution in [0, 0.1) is 5.82 Å². The number of hydrogen-bond acceptors (Lipinski definition) is 4. The molecule has 2 N–H and O–H groups in total. The van der Waals surface area contributed by atoms with Gasteiger partial charge in [0.1, 0.15) is 12.1 Å². The molecular formula is C10H11FO3S. The maximum absolute atomic E-state index is 13.3. The molecule has 1 aromatic carbocycles. The van der Waals surface area contributed by atoms with E-state index in [2.05, 4.69) is 0 Å². The molecular weight excluding hydrogens is 219 g/mol. The van der Waals surface area contributed by atoms with Crippen LogP contribution >= 0.6 is 11.8 Å². The van der Waals surface area contributed by atoms with E-state index in [0.29, 0.717) is 11.2 Å². The topological polar surface area (TPSA) is 57.5 Å². The summed E-state index contributed by atoms with van der Waals surface area (Å²) in [6.45, 7) is -0.346. The van der Waals surface area contributed by atoms with Crippen molar-refractivity contribution in [3.8, 4) is 0 Å². The summed E-state index contributed by atoms with van der Waals surface area (Å²) in [6, 6.07) is 4.12. The maximum atomic E-state index is 13.3. The van der Waals surface area contributed by atoms with Crippen LogP contribution in [0.2, 0.25) is 0 Å². The number of carbonyl (C=O) groups is 1. The molecule has 5 heteroatoms. The van der Waals surface area contributed by atoms with Gasteiger partial charge < -0.3 is 10.2 Å². The second kappa shape index (κ2) is 5.85. The highest BCUT2D eigenvalue weighted by Gasteiger charge is 2.07. The number of aldehydes is 1. The van der Waals surface area contributed by atoms with Crippen LogP contribution in [0.3, 0.4) is 0 Å². The van der Waals surface area contributed by atoms with Crippen LogP contribution in [0.25, 0.3) is 0 Å². The third kappa shape index (κ3) is 3.62. The van der Waals surface area contributed by atoms with Gasteiger partial charge in [-0.15, -0.1) is 11.8 Å². The lowest BCUT2D eigenvalue weighted by Gasteiger charge is -2.07. The monoisotopic (exact) mass is 230 g/mol. The van der Waals surface area contributed by atoms with Crippen molar-refractivity contribution in [2.75, 3.05) is 12.4 Å². The fourth-order valence-corrected chi connectivity index (χ4v) is 1.78. The maximum Gasteiger partial charge on any atom is 0.150 e. The summed E-state index contributed by atoms with van der Waals surface area (Å²) in [4.78, 5) is 10.7. The van der Waals surface area contributed by atoms with E-state index < -0.39 is 11.9 Å². The summed E-state index contributed by atoms with van der Waals surface area (Å²) in [5.74, 6) is -0.275. The molecule has 0 aliphatic rings. The number of thioether (sulfide) groups is 1.